The molecule has 0 aliphatic rings. The summed E-state index contributed by atoms with van der Waals surface area (Å²) >= 11 is 0.333. The maximum atomic E-state index is 8.33. The van der Waals surface area contributed by atoms with E-state index in [0.29, 0.717) is 19.8 Å². The van der Waals surface area contributed by atoms with E-state index in [1.54, 1.807) is 0 Å². The van der Waals surface area contributed by atoms with Crippen molar-refractivity contribution in [2.75, 3.05) is 0 Å². The molecular formula is H2CsNaOW. The van der Waals surface area contributed by atoms with E-state index in [2.05, 4.69) is 0 Å². The first kappa shape index (κ1) is 15.6. The van der Waals surface area contributed by atoms with Gasteiger partial charge in [0.15, 0.2) is 0 Å². The molecule has 16 valence electrons. The number of hydrogen-bond acceptors (Lipinski definition) is 1. The standard InChI is InChI=1S/Cs.Na.O.W.2H/q2*+1;;;2*-1. The summed E-state index contributed by atoms with van der Waals surface area (Å²) in [6.45, 7) is 0. The molecule has 0 bridgehead atoms. The zero-order valence-corrected chi connectivity index (χ0v) is 14.0. The van der Waals surface area contributed by atoms with Crippen molar-refractivity contribution >= 4 is 0 Å². The van der Waals surface area contributed by atoms with Gasteiger partial charge >= 0.3 is 122 Å². The van der Waals surface area contributed by atoms with E-state index in [-0.39, 0.29) is 101 Å². The van der Waals surface area contributed by atoms with E-state index in [1.165, 1.54) is 0 Å². The first-order chi connectivity index (χ1) is 1.00. The first-order valence-electron chi connectivity index (χ1n) is 0.167. The Balaban J connectivity index is -0.000000000833. The molecule has 0 saturated carbocycles. The second kappa shape index (κ2) is 16.0. The fourth-order valence-corrected chi connectivity index (χ4v) is 0. The van der Waals surface area contributed by atoms with Crippen LogP contribution in [0.1, 0.15) is 2.85 Å². The summed E-state index contributed by atoms with van der Waals surface area (Å²) in [5.41, 5.74) is 0. The van der Waals surface area contributed by atoms with E-state index in [4.69, 9.17) is 3.40 Å². The molecule has 0 radical (unpaired) electrons. The van der Waals surface area contributed by atoms with Crippen molar-refractivity contribution in [3.63, 3.8) is 0 Å². The quantitative estimate of drug-likeness (QED) is 0.395. The van der Waals surface area contributed by atoms with Crippen LogP contribution in [0.5, 0.6) is 0 Å². The molecule has 0 atom stereocenters. The van der Waals surface area contributed by atoms with Crippen LogP contribution >= 0.6 is 0 Å². The Morgan fingerprint density at radius 3 is 1.50 bits per heavy atom. The zero-order chi connectivity index (χ0) is 2.00. The summed E-state index contributed by atoms with van der Waals surface area (Å²) in [6.07, 6.45) is 0. The molecule has 0 aromatic carbocycles. The molecule has 0 N–H and O–H groups in total. The van der Waals surface area contributed by atoms with Crippen molar-refractivity contribution in [3.8, 4) is 0 Å². The molecule has 0 heterocycles. The summed E-state index contributed by atoms with van der Waals surface area (Å²) in [7, 11) is 0. The van der Waals surface area contributed by atoms with Gasteiger partial charge in [0.1, 0.15) is 0 Å². The predicted molar refractivity (Wildman–Crippen MR) is 2.91 cm³/mol. The van der Waals surface area contributed by atoms with Gasteiger partial charge in [-0.05, 0) is 0 Å². The van der Waals surface area contributed by atoms with Crippen LogP contribution in [-0.2, 0) is 23.2 Å². The molecule has 4 heteroatoms. The monoisotopic (exact) mass is 358 g/mol. The molecular weight excluding hydrogens is 356 g/mol. The van der Waals surface area contributed by atoms with E-state index >= 15 is 0 Å². The Kier molecular flexibility index (Phi) is 62.7. The van der Waals surface area contributed by atoms with Gasteiger partial charge in [-0.1, -0.05) is 0 Å². The predicted octanol–water partition coefficient (Wildman–Crippen LogP) is -5.89. The van der Waals surface area contributed by atoms with Gasteiger partial charge in [-0.15, -0.1) is 0 Å². The van der Waals surface area contributed by atoms with Crippen molar-refractivity contribution in [3.05, 3.63) is 0 Å². The van der Waals surface area contributed by atoms with Gasteiger partial charge in [-0.2, -0.15) is 0 Å². The van der Waals surface area contributed by atoms with Gasteiger partial charge in [0.05, 0.1) is 0 Å². The molecule has 4 heavy (non-hydrogen) atoms. The van der Waals surface area contributed by atoms with Crippen molar-refractivity contribution in [1.82, 2.24) is 0 Å². The fourth-order valence-electron chi connectivity index (χ4n) is 0. The zero-order valence-electron chi connectivity index (χ0n) is 4.82. The SMILES string of the molecule is [Cs+].[H-].[H-].[Na+].[O]=[W]. The van der Waals surface area contributed by atoms with Crippen LogP contribution in [0, 0.1) is 0 Å². The third-order valence-electron chi connectivity index (χ3n) is 0. The average molecular weight is 358 g/mol. The summed E-state index contributed by atoms with van der Waals surface area (Å²) in [5, 5.41) is 0. The van der Waals surface area contributed by atoms with Crippen molar-refractivity contribution in [1.29, 1.82) is 0 Å². The molecule has 0 rings (SSSR count). The Morgan fingerprint density at radius 2 is 1.50 bits per heavy atom. The van der Waals surface area contributed by atoms with Crippen molar-refractivity contribution in [2.45, 2.75) is 0 Å². The molecule has 1 nitrogen and oxygen atoms in total. The maximum absolute atomic E-state index is 8.33. The molecule has 0 fully saturated rings. The Labute approximate surface area is 121 Å². The van der Waals surface area contributed by atoms with E-state index in [0.717, 1.165) is 0 Å². The van der Waals surface area contributed by atoms with E-state index in [1.807, 2.05) is 0 Å². The van der Waals surface area contributed by atoms with Crippen LogP contribution in [0.3, 0.4) is 0 Å². The first-order valence-corrected chi connectivity index (χ1v) is 1.36. The average Bonchev–Trinajstić information content (AvgIpc) is 1.00. The van der Waals surface area contributed by atoms with Crippen LogP contribution in [-0.4, -0.2) is 0 Å². The third-order valence-corrected chi connectivity index (χ3v) is 0. The van der Waals surface area contributed by atoms with Crippen LogP contribution in [0.2, 0.25) is 0 Å². The van der Waals surface area contributed by atoms with E-state index in [9.17, 15) is 0 Å². The fraction of sp³-hybridized carbons (Fsp3) is 0. The minimum absolute atomic E-state index is 0. The van der Waals surface area contributed by atoms with Crippen LogP contribution in [0.25, 0.3) is 0 Å². The van der Waals surface area contributed by atoms with Crippen LogP contribution in [0.4, 0.5) is 0 Å². The second-order valence-corrected chi connectivity index (χ2v) is 0. The molecule has 0 aromatic heterocycles. The molecule has 0 aromatic rings. The van der Waals surface area contributed by atoms with Gasteiger partial charge in [-0.3, -0.25) is 0 Å². The Morgan fingerprint density at radius 1 is 1.50 bits per heavy atom. The number of rotatable bonds is 0. The van der Waals surface area contributed by atoms with Crippen LogP contribution < -0.4 is 98.5 Å². The van der Waals surface area contributed by atoms with Gasteiger partial charge in [0.25, 0.3) is 0 Å². The summed E-state index contributed by atoms with van der Waals surface area (Å²) < 4.78 is 8.33. The van der Waals surface area contributed by atoms with Gasteiger partial charge in [0.2, 0.25) is 0 Å². The third kappa shape index (κ3) is 9.11. The second-order valence-electron chi connectivity index (χ2n) is 0. The minimum atomic E-state index is 0. The van der Waals surface area contributed by atoms with Crippen LogP contribution in [0.15, 0.2) is 0 Å². The van der Waals surface area contributed by atoms with Gasteiger partial charge in [0, 0.05) is 0 Å². The topological polar surface area (TPSA) is 17.1 Å². The molecule has 0 amide bonds. The van der Waals surface area contributed by atoms with Crippen molar-refractivity contribution < 1.29 is 124 Å². The van der Waals surface area contributed by atoms with Gasteiger partial charge in [-0.25, -0.2) is 0 Å². The van der Waals surface area contributed by atoms with Gasteiger partial charge < -0.3 is 2.85 Å². The van der Waals surface area contributed by atoms with E-state index < -0.39 is 0 Å². The Bertz CT molecular complexity index is 13.5. The molecule has 0 aliphatic carbocycles. The molecule has 0 spiro atoms. The van der Waals surface area contributed by atoms with Crippen molar-refractivity contribution in [2.24, 2.45) is 0 Å². The Hall–Kier alpha value is 3.54. The molecule has 0 saturated heterocycles. The summed E-state index contributed by atoms with van der Waals surface area (Å²) in [4.78, 5) is 0. The summed E-state index contributed by atoms with van der Waals surface area (Å²) in [5.74, 6) is 0. The summed E-state index contributed by atoms with van der Waals surface area (Å²) in [6, 6.07) is 0. The number of hydrogen-bond donors (Lipinski definition) is 0. The molecule has 0 unspecified atom stereocenters. The molecule has 0 aliphatic heterocycles. The normalized spacial score (nSPS) is 1.00.